The van der Waals surface area contributed by atoms with Gasteiger partial charge in [0.15, 0.2) is 0 Å². The van der Waals surface area contributed by atoms with Crippen molar-refractivity contribution < 1.29 is 9.53 Å². The molecule has 0 bridgehead atoms. The molecule has 7 heteroatoms. The fourth-order valence-electron chi connectivity index (χ4n) is 2.50. The van der Waals surface area contributed by atoms with E-state index in [1.54, 1.807) is 23.4 Å². The van der Waals surface area contributed by atoms with E-state index in [9.17, 15) is 4.79 Å². The molecule has 0 aliphatic carbocycles. The summed E-state index contributed by atoms with van der Waals surface area (Å²) in [5, 5.41) is 4.33. The lowest BCUT2D eigenvalue weighted by molar-refractivity contribution is 0.0512. The maximum atomic E-state index is 12.5. The first-order valence-corrected chi connectivity index (χ1v) is 6.95. The molecular formula is C14H17N5O2. The Hall–Kier alpha value is -2.28. The molecule has 1 unspecified atom stereocenters. The highest BCUT2D eigenvalue weighted by molar-refractivity contribution is 5.92. The van der Waals surface area contributed by atoms with Gasteiger partial charge in [-0.15, -0.1) is 0 Å². The van der Waals surface area contributed by atoms with Gasteiger partial charge in [-0.25, -0.2) is 9.97 Å². The Labute approximate surface area is 122 Å². The number of rotatable bonds is 4. The van der Waals surface area contributed by atoms with Gasteiger partial charge in [-0.05, 0) is 19.1 Å². The largest absolute Gasteiger partial charge is 0.379 e. The van der Waals surface area contributed by atoms with Crippen LogP contribution in [0.5, 0.6) is 0 Å². The maximum absolute atomic E-state index is 12.5. The quantitative estimate of drug-likeness (QED) is 0.835. The van der Waals surface area contributed by atoms with Crippen molar-refractivity contribution >= 4 is 5.91 Å². The predicted molar refractivity (Wildman–Crippen MR) is 74.5 cm³/mol. The van der Waals surface area contributed by atoms with Crippen LogP contribution in [0.1, 0.15) is 29.1 Å². The van der Waals surface area contributed by atoms with Gasteiger partial charge in [-0.2, -0.15) is 5.10 Å². The van der Waals surface area contributed by atoms with Crippen LogP contribution in [0.25, 0.3) is 0 Å². The van der Waals surface area contributed by atoms with E-state index in [0.717, 1.165) is 5.69 Å². The first-order chi connectivity index (χ1) is 10.3. The van der Waals surface area contributed by atoms with E-state index in [4.69, 9.17) is 4.74 Å². The van der Waals surface area contributed by atoms with Gasteiger partial charge in [0.1, 0.15) is 12.0 Å². The van der Waals surface area contributed by atoms with Crippen LogP contribution in [0.3, 0.4) is 0 Å². The molecule has 1 atom stereocenters. The summed E-state index contributed by atoms with van der Waals surface area (Å²) < 4.78 is 7.45. The summed E-state index contributed by atoms with van der Waals surface area (Å²) in [7, 11) is 0. The van der Waals surface area contributed by atoms with E-state index in [1.165, 1.54) is 6.33 Å². The third kappa shape index (κ3) is 2.78. The predicted octanol–water partition coefficient (Wildman–Crippen LogP) is 0.907. The van der Waals surface area contributed by atoms with Gasteiger partial charge in [0.25, 0.3) is 5.91 Å². The van der Waals surface area contributed by atoms with Gasteiger partial charge in [0.05, 0.1) is 24.9 Å². The van der Waals surface area contributed by atoms with Gasteiger partial charge in [-0.1, -0.05) is 0 Å². The molecule has 110 valence electrons. The summed E-state index contributed by atoms with van der Waals surface area (Å²) in [4.78, 5) is 22.2. The maximum Gasteiger partial charge on any atom is 0.273 e. The molecule has 1 aliphatic heterocycles. The highest BCUT2D eigenvalue weighted by Crippen LogP contribution is 2.21. The monoisotopic (exact) mass is 287 g/mol. The van der Waals surface area contributed by atoms with Crippen molar-refractivity contribution in [1.82, 2.24) is 24.6 Å². The molecule has 21 heavy (non-hydrogen) atoms. The molecule has 3 heterocycles. The standard InChI is InChI=1S/C14H17N5O2/c1-2-21-9-12-8-18(7-11-3-6-17-19(11)12)14(20)13-4-5-15-10-16-13/h3-6,10,12H,2,7-9H2,1H3. The van der Waals surface area contributed by atoms with Crippen LogP contribution in [-0.4, -0.2) is 50.3 Å². The molecule has 2 aromatic rings. The number of fused-ring (bicyclic) bond motifs is 1. The van der Waals surface area contributed by atoms with Gasteiger partial charge in [0.2, 0.25) is 0 Å². The normalized spacial score (nSPS) is 17.6. The molecular weight excluding hydrogens is 270 g/mol. The second-order valence-corrected chi connectivity index (χ2v) is 4.86. The molecule has 0 fully saturated rings. The Bertz CT molecular complexity index is 613. The van der Waals surface area contributed by atoms with Crippen LogP contribution in [0.4, 0.5) is 0 Å². The first-order valence-electron chi connectivity index (χ1n) is 6.95. The van der Waals surface area contributed by atoms with Crippen molar-refractivity contribution in [3.63, 3.8) is 0 Å². The summed E-state index contributed by atoms with van der Waals surface area (Å²) in [5.41, 5.74) is 1.42. The molecule has 0 N–H and O–H groups in total. The average molecular weight is 287 g/mol. The van der Waals surface area contributed by atoms with Gasteiger partial charge < -0.3 is 9.64 Å². The first kappa shape index (κ1) is 13.7. The molecule has 7 nitrogen and oxygen atoms in total. The van der Waals surface area contributed by atoms with Crippen LogP contribution >= 0.6 is 0 Å². The van der Waals surface area contributed by atoms with E-state index in [1.807, 2.05) is 17.7 Å². The zero-order valence-electron chi connectivity index (χ0n) is 11.8. The topological polar surface area (TPSA) is 73.1 Å². The number of carbonyl (C=O) groups is 1. The smallest absolute Gasteiger partial charge is 0.273 e. The summed E-state index contributed by atoms with van der Waals surface area (Å²) in [6.45, 7) is 4.24. The Kier molecular flexibility index (Phi) is 3.92. The van der Waals surface area contributed by atoms with Gasteiger partial charge >= 0.3 is 0 Å². The molecule has 0 aromatic carbocycles. The minimum absolute atomic E-state index is 0.0366. The van der Waals surface area contributed by atoms with E-state index in [-0.39, 0.29) is 11.9 Å². The summed E-state index contributed by atoms with van der Waals surface area (Å²) >= 11 is 0. The molecule has 1 amide bonds. The van der Waals surface area contributed by atoms with Crippen molar-refractivity contribution in [2.75, 3.05) is 19.8 Å². The minimum atomic E-state index is -0.0913. The highest BCUT2D eigenvalue weighted by atomic mass is 16.5. The molecule has 0 saturated heterocycles. The molecule has 1 aliphatic rings. The number of hydrogen-bond donors (Lipinski definition) is 0. The van der Waals surface area contributed by atoms with E-state index >= 15 is 0 Å². The van der Waals surface area contributed by atoms with Gasteiger partial charge in [-0.3, -0.25) is 9.48 Å². The van der Waals surface area contributed by atoms with Crippen molar-refractivity contribution in [2.45, 2.75) is 19.5 Å². The second-order valence-electron chi connectivity index (χ2n) is 4.86. The fraction of sp³-hybridized carbons (Fsp3) is 0.429. The average Bonchev–Trinajstić information content (AvgIpc) is 3.01. The number of aromatic nitrogens is 4. The number of hydrogen-bond acceptors (Lipinski definition) is 5. The lowest BCUT2D eigenvalue weighted by Gasteiger charge is -2.33. The highest BCUT2D eigenvalue weighted by Gasteiger charge is 2.29. The second kappa shape index (κ2) is 6.01. The fourth-order valence-corrected chi connectivity index (χ4v) is 2.50. The summed E-state index contributed by atoms with van der Waals surface area (Å²) in [6.07, 6.45) is 4.72. The molecule has 2 aromatic heterocycles. The van der Waals surface area contributed by atoms with E-state index in [0.29, 0.717) is 32.0 Å². The lowest BCUT2D eigenvalue weighted by atomic mass is 10.2. The Morgan fingerprint density at radius 1 is 1.43 bits per heavy atom. The van der Waals surface area contributed by atoms with Crippen LogP contribution in [0, 0.1) is 0 Å². The third-order valence-electron chi connectivity index (χ3n) is 3.48. The zero-order valence-corrected chi connectivity index (χ0v) is 11.8. The third-order valence-corrected chi connectivity index (χ3v) is 3.48. The van der Waals surface area contributed by atoms with Crippen molar-refractivity contribution in [2.24, 2.45) is 0 Å². The van der Waals surface area contributed by atoms with E-state index in [2.05, 4.69) is 15.1 Å². The molecule has 3 rings (SSSR count). The Morgan fingerprint density at radius 3 is 3.10 bits per heavy atom. The van der Waals surface area contributed by atoms with Crippen LogP contribution in [0.2, 0.25) is 0 Å². The van der Waals surface area contributed by atoms with Crippen LogP contribution in [0.15, 0.2) is 30.9 Å². The molecule has 0 saturated carbocycles. The van der Waals surface area contributed by atoms with Gasteiger partial charge in [0, 0.05) is 25.5 Å². The summed E-state index contributed by atoms with van der Waals surface area (Å²) in [6, 6.07) is 3.60. The van der Waals surface area contributed by atoms with Crippen LogP contribution in [-0.2, 0) is 11.3 Å². The van der Waals surface area contributed by atoms with Crippen molar-refractivity contribution in [3.8, 4) is 0 Å². The Morgan fingerprint density at radius 2 is 2.33 bits per heavy atom. The van der Waals surface area contributed by atoms with Crippen LogP contribution < -0.4 is 0 Å². The van der Waals surface area contributed by atoms with Crippen molar-refractivity contribution in [3.05, 3.63) is 42.2 Å². The number of ether oxygens (including phenoxy) is 1. The number of carbonyl (C=O) groups excluding carboxylic acids is 1. The number of amides is 1. The molecule has 0 spiro atoms. The lowest BCUT2D eigenvalue weighted by Crippen LogP contribution is -2.43. The summed E-state index contributed by atoms with van der Waals surface area (Å²) in [5.74, 6) is -0.0913. The SMILES string of the molecule is CCOCC1CN(C(=O)c2ccncn2)Cc2ccnn21. The minimum Gasteiger partial charge on any atom is -0.379 e. The zero-order chi connectivity index (χ0) is 14.7. The van der Waals surface area contributed by atoms with Crippen molar-refractivity contribution in [1.29, 1.82) is 0 Å². The molecule has 0 radical (unpaired) electrons. The Balaban J connectivity index is 1.81. The number of nitrogens with zero attached hydrogens (tertiary/aromatic N) is 5. The van der Waals surface area contributed by atoms with E-state index < -0.39 is 0 Å².